The van der Waals surface area contributed by atoms with Gasteiger partial charge in [-0.3, -0.25) is 14.5 Å². The van der Waals surface area contributed by atoms with Gasteiger partial charge in [-0.05, 0) is 0 Å². The Balaban J connectivity index is 2.56. The molecule has 17 heavy (non-hydrogen) atoms. The van der Waals surface area contributed by atoms with Crippen molar-refractivity contribution in [2.45, 2.75) is 18.9 Å². The van der Waals surface area contributed by atoms with E-state index in [0.717, 1.165) is 4.90 Å². The van der Waals surface area contributed by atoms with Crippen LogP contribution in [0.15, 0.2) is 0 Å². The van der Waals surface area contributed by atoms with Crippen molar-refractivity contribution < 1.29 is 29.0 Å². The fourth-order valence-corrected chi connectivity index (χ4v) is 1.53. The van der Waals surface area contributed by atoms with Gasteiger partial charge in [-0.25, -0.2) is 4.79 Å². The summed E-state index contributed by atoms with van der Waals surface area (Å²) in [6.45, 7) is 0.334. The number of ether oxygens (including phenoxy) is 2. The summed E-state index contributed by atoms with van der Waals surface area (Å²) in [7, 11) is 1.49. The van der Waals surface area contributed by atoms with Crippen LogP contribution in [0.3, 0.4) is 0 Å². The van der Waals surface area contributed by atoms with Crippen molar-refractivity contribution in [3.05, 3.63) is 0 Å². The average molecular weight is 245 g/mol. The van der Waals surface area contributed by atoms with Gasteiger partial charge in [0.05, 0.1) is 19.8 Å². The number of nitrogens with zero attached hydrogens (tertiary/aromatic N) is 1. The Hall–Kier alpha value is -1.47. The van der Waals surface area contributed by atoms with Crippen molar-refractivity contribution in [1.82, 2.24) is 4.90 Å². The molecule has 7 nitrogen and oxygen atoms in total. The molecule has 0 spiro atoms. The van der Waals surface area contributed by atoms with Gasteiger partial charge in [-0.15, -0.1) is 0 Å². The van der Waals surface area contributed by atoms with Crippen molar-refractivity contribution in [1.29, 1.82) is 0 Å². The predicted octanol–water partition coefficient (Wildman–Crippen LogP) is -0.748. The Labute approximate surface area is 98.3 Å². The third kappa shape index (κ3) is 3.50. The molecule has 1 atom stereocenters. The van der Waals surface area contributed by atoms with E-state index < -0.39 is 23.8 Å². The molecule has 0 bridgehead atoms. The van der Waals surface area contributed by atoms with E-state index >= 15 is 0 Å². The number of amides is 2. The molecule has 0 aromatic heterocycles. The first kappa shape index (κ1) is 13.6. The summed E-state index contributed by atoms with van der Waals surface area (Å²) in [5.74, 6) is -2.17. The first-order valence-electron chi connectivity index (χ1n) is 5.22. The smallest absolute Gasteiger partial charge is 0.329 e. The Bertz CT molecular complexity index is 300. The summed E-state index contributed by atoms with van der Waals surface area (Å²) < 4.78 is 9.79. The Morgan fingerprint density at radius 3 is 2.41 bits per heavy atom. The normalized spacial score (nSPS) is 17.6. The van der Waals surface area contributed by atoms with E-state index in [-0.39, 0.29) is 26.1 Å². The molecule has 1 aliphatic rings. The van der Waals surface area contributed by atoms with Crippen molar-refractivity contribution in [2.75, 3.05) is 26.9 Å². The first-order chi connectivity index (χ1) is 8.07. The maximum atomic E-state index is 11.4. The monoisotopic (exact) mass is 245 g/mol. The molecule has 0 radical (unpaired) electrons. The minimum atomic E-state index is -1.24. The van der Waals surface area contributed by atoms with Crippen molar-refractivity contribution in [3.63, 3.8) is 0 Å². The minimum Gasteiger partial charge on any atom is -0.480 e. The van der Waals surface area contributed by atoms with Gasteiger partial charge in [-0.2, -0.15) is 0 Å². The summed E-state index contributed by atoms with van der Waals surface area (Å²) in [4.78, 5) is 34.5. The first-order valence-corrected chi connectivity index (χ1v) is 5.22. The van der Waals surface area contributed by atoms with Gasteiger partial charge in [0.15, 0.2) is 6.04 Å². The summed E-state index contributed by atoms with van der Waals surface area (Å²) >= 11 is 0. The maximum Gasteiger partial charge on any atom is 0.329 e. The van der Waals surface area contributed by atoms with Crippen LogP contribution in [0.5, 0.6) is 0 Å². The molecular formula is C10H15NO6. The second kappa shape index (κ2) is 6.31. The summed E-state index contributed by atoms with van der Waals surface area (Å²) in [6, 6.07) is -1.24. The Morgan fingerprint density at radius 2 is 1.94 bits per heavy atom. The number of hydrogen-bond donors (Lipinski definition) is 1. The van der Waals surface area contributed by atoms with Crippen molar-refractivity contribution >= 4 is 17.8 Å². The number of rotatable bonds is 7. The van der Waals surface area contributed by atoms with Gasteiger partial charge < -0.3 is 14.6 Å². The van der Waals surface area contributed by atoms with Crippen LogP contribution >= 0.6 is 0 Å². The summed E-state index contributed by atoms with van der Waals surface area (Å²) in [5.41, 5.74) is 0. The Kier molecular flexibility index (Phi) is 5.05. The highest BCUT2D eigenvalue weighted by molar-refractivity contribution is 6.04. The van der Waals surface area contributed by atoms with Crippen LogP contribution in [0, 0.1) is 0 Å². The Morgan fingerprint density at radius 1 is 1.35 bits per heavy atom. The zero-order chi connectivity index (χ0) is 12.8. The fraction of sp³-hybridized carbons (Fsp3) is 0.700. The van der Waals surface area contributed by atoms with E-state index in [0.29, 0.717) is 6.61 Å². The van der Waals surface area contributed by atoms with E-state index in [1.165, 1.54) is 7.11 Å². The predicted molar refractivity (Wildman–Crippen MR) is 55.2 cm³/mol. The lowest BCUT2D eigenvalue weighted by Gasteiger charge is -2.22. The zero-order valence-corrected chi connectivity index (χ0v) is 9.55. The minimum absolute atomic E-state index is 0.0701. The van der Waals surface area contributed by atoms with E-state index in [4.69, 9.17) is 14.6 Å². The molecule has 1 heterocycles. The van der Waals surface area contributed by atoms with Crippen molar-refractivity contribution in [2.24, 2.45) is 0 Å². The molecule has 96 valence electrons. The lowest BCUT2D eigenvalue weighted by molar-refractivity contribution is -0.157. The van der Waals surface area contributed by atoms with Gasteiger partial charge in [-0.1, -0.05) is 0 Å². The molecule has 0 aromatic rings. The number of carbonyl (C=O) groups is 3. The van der Waals surface area contributed by atoms with Crippen molar-refractivity contribution in [3.8, 4) is 0 Å². The highest BCUT2D eigenvalue weighted by atomic mass is 16.5. The molecule has 2 amide bonds. The highest BCUT2D eigenvalue weighted by Gasteiger charge is 2.38. The SMILES string of the molecule is COCCOCC(C(=O)O)N1C(=O)CCC1=O. The molecule has 0 saturated carbocycles. The topological polar surface area (TPSA) is 93.1 Å². The summed E-state index contributed by atoms with van der Waals surface area (Å²) in [6.07, 6.45) is 0.140. The number of imide groups is 1. The van der Waals surface area contributed by atoms with Crippen LogP contribution in [0.4, 0.5) is 0 Å². The zero-order valence-electron chi connectivity index (χ0n) is 9.55. The second-order valence-corrected chi connectivity index (χ2v) is 3.58. The second-order valence-electron chi connectivity index (χ2n) is 3.58. The number of carboxylic acid groups (broad SMARTS) is 1. The van der Waals surface area contributed by atoms with E-state index in [1.54, 1.807) is 0 Å². The molecule has 1 N–H and O–H groups in total. The average Bonchev–Trinajstić information content (AvgIpc) is 2.59. The van der Waals surface area contributed by atoms with Gasteiger partial charge in [0.2, 0.25) is 11.8 Å². The largest absolute Gasteiger partial charge is 0.480 e. The molecular weight excluding hydrogens is 230 g/mol. The van der Waals surface area contributed by atoms with Gasteiger partial charge >= 0.3 is 5.97 Å². The molecule has 1 saturated heterocycles. The lowest BCUT2D eigenvalue weighted by Crippen LogP contribution is -2.47. The van der Waals surface area contributed by atoms with Crippen LogP contribution in [0.25, 0.3) is 0 Å². The maximum absolute atomic E-state index is 11.4. The third-order valence-corrected chi connectivity index (χ3v) is 2.39. The summed E-state index contributed by atoms with van der Waals surface area (Å²) in [5, 5.41) is 8.97. The van der Waals surface area contributed by atoms with Crippen LogP contribution in [-0.4, -0.2) is 60.8 Å². The van der Waals surface area contributed by atoms with E-state index in [1.807, 2.05) is 0 Å². The molecule has 0 aromatic carbocycles. The van der Waals surface area contributed by atoms with Gasteiger partial charge in [0.25, 0.3) is 0 Å². The molecule has 1 aliphatic heterocycles. The van der Waals surface area contributed by atoms with Gasteiger partial charge in [0.1, 0.15) is 0 Å². The highest BCUT2D eigenvalue weighted by Crippen LogP contribution is 2.16. The molecule has 7 heteroatoms. The molecule has 0 aliphatic carbocycles. The quantitative estimate of drug-likeness (QED) is 0.468. The number of carbonyl (C=O) groups excluding carboxylic acids is 2. The molecule has 1 unspecified atom stereocenters. The number of methoxy groups -OCH3 is 1. The van der Waals surface area contributed by atoms with Crippen LogP contribution in [0.1, 0.15) is 12.8 Å². The van der Waals surface area contributed by atoms with Crippen LogP contribution < -0.4 is 0 Å². The van der Waals surface area contributed by atoms with E-state index in [9.17, 15) is 14.4 Å². The fourth-order valence-electron chi connectivity index (χ4n) is 1.53. The van der Waals surface area contributed by atoms with Crippen LogP contribution in [0.2, 0.25) is 0 Å². The lowest BCUT2D eigenvalue weighted by atomic mass is 10.3. The van der Waals surface area contributed by atoms with Crippen LogP contribution in [-0.2, 0) is 23.9 Å². The van der Waals surface area contributed by atoms with E-state index in [2.05, 4.69) is 0 Å². The number of hydrogen-bond acceptors (Lipinski definition) is 5. The number of carboxylic acids is 1. The third-order valence-electron chi connectivity index (χ3n) is 2.39. The number of aliphatic carboxylic acids is 1. The molecule has 1 rings (SSSR count). The number of likely N-dealkylation sites (tertiary alicyclic amines) is 1. The molecule has 1 fully saturated rings. The standard InChI is InChI=1S/C10H15NO6/c1-16-4-5-17-6-7(10(14)15)11-8(12)2-3-9(11)13/h7H,2-6H2,1H3,(H,14,15). The van der Waals surface area contributed by atoms with Gasteiger partial charge in [0, 0.05) is 20.0 Å².